The number of carbonyl (C=O) groups is 1. The van der Waals surface area contributed by atoms with Crippen molar-refractivity contribution in [1.29, 1.82) is 0 Å². The predicted molar refractivity (Wildman–Crippen MR) is 234 cm³/mol. The molecule has 2 atom stereocenters. The van der Waals surface area contributed by atoms with Crippen LogP contribution in [0.4, 0.5) is 5.82 Å². The van der Waals surface area contributed by atoms with E-state index in [2.05, 4.69) is 25.4 Å². The molecule has 0 aliphatic carbocycles. The standard InChI is InChI=1S/C29H24N8O2.C16H14ClN3O/c1-17-16-19(12-14-31-17)21-10-6-11-22-23(21)29(39)37(20-8-4-3-5-9-20)26(34-22)18(2)33-28(38)24-25(30)35-36-15-7-13-32-27(24)36;1-10(18)15-19-13-9-5-8-12(17)14(13)16(21)20(15)11-6-3-2-4-7-11/h3-16,18H,1-2H3,(H2,30,35)(H,33,38);2-10H,18H2,1H3/t18-;10-/m00/s1. The van der Waals surface area contributed by atoms with Crippen molar-refractivity contribution < 1.29 is 4.79 Å². The van der Waals surface area contributed by atoms with Gasteiger partial charge >= 0.3 is 0 Å². The van der Waals surface area contributed by atoms with Gasteiger partial charge < -0.3 is 16.8 Å². The quantitative estimate of drug-likeness (QED) is 0.152. The van der Waals surface area contributed by atoms with Crippen LogP contribution in [0.15, 0.2) is 143 Å². The van der Waals surface area contributed by atoms with Gasteiger partial charge in [0.2, 0.25) is 0 Å². The number of hydrogen-bond acceptors (Lipinski definition) is 10. The van der Waals surface area contributed by atoms with Gasteiger partial charge in [0.25, 0.3) is 17.0 Å². The summed E-state index contributed by atoms with van der Waals surface area (Å²) < 4.78 is 4.52. The number of carbonyl (C=O) groups excluding carboxylic acids is 1. The van der Waals surface area contributed by atoms with Gasteiger partial charge in [0.15, 0.2) is 11.5 Å². The number of nitrogens with two attached hydrogens (primary N) is 2. The molecule has 0 saturated heterocycles. The first-order valence-electron chi connectivity index (χ1n) is 19.0. The van der Waals surface area contributed by atoms with E-state index in [1.807, 2.05) is 91.9 Å². The Morgan fingerprint density at radius 2 is 1.35 bits per heavy atom. The van der Waals surface area contributed by atoms with Crippen molar-refractivity contribution in [2.24, 2.45) is 5.73 Å². The number of hydrogen-bond donors (Lipinski definition) is 3. The Hall–Kier alpha value is -7.55. The molecule has 0 radical (unpaired) electrons. The number of benzene rings is 4. The van der Waals surface area contributed by atoms with Crippen LogP contribution < -0.4 is 27.9 Å². The number of pyridine rings is 1. The van der Waals surface area contributed by atoms with Crippen molar-refractivity contribution in [3.8, 4) is 22.5 Å². The SMILES string of the molecule is C[C@H](N)c1nc2cccc(Cl)c2c(=O)n1-c1ccccc1.Cc1cc(-c2cccc3nc([C@H](C)NC(=O)c4c(N)nn5cccnc45)n(-c4ccccc4)c(=O)c23)ccn1. The Kier molecular flexibility index (Phi) is 10.7. The van der Waals surface area contributed by atoms with Crippen molar-refractivity contribution in [2.75, 3.05) is 5.73 Å². The minimum absolute atomic E-state index is 0.0580. The fourth-order valence-corrected chi connectivity index (χ4v) is 7.36. The van der Waals surface area contributed by atoms with Gasteiger partial charge in [-0.3, -0.25) is 28.5 Å². The summed E-state index contributed by atoms with van der Waals surface area (Å²) in [6.07, 6.45) is 4.95. The number of halogens is 1. The van der Waals surface area contributed by atoms with Gasteiger partial charge in [-0.25, -0.2) is 19.5 Å². The predicted octanol–water partition coefficient (Wildman–Crippen LogP) is 6.93. The normalized spacial score (nSPS) is 12.2. The monoisotopic (exact) mass is 815 g/mol. The molecule has 0 spiro atoms. The molecule has 298 valence electrons. The first-order chi connectivity index (χ1) is 29.0. The van der Waals surface area contributed by atoms with E-state index in [-0.39, 0.29) is 28.5 Å². The van der Waals surface area contributed by atoms with Gasteiger partial charge in [0, 0.05) is 24.3 Å². The van der Waals surface area contributed by atoms with Gasteiger partial charge in [-0.15, -0.1) is 5.10 Å². The largest absolute Gasteiger partial charge is 0.381 e. The van der Waals surface area contributed by atoms with Crippen LogP contribution >= 0.6 is 11.6 Å². The van der Waals surface area contributed by atoms with Crippen LogP contribution in [0.1, 0.15) is 53.6 Å². The van der Waals surface area contributed by atoms with Crippen LogP contribution in [0.25, 0.3) is 50.0 Å². The first kappa shape index (κ1) is 39.3. The molecule has 1 amide bonds. The van der Waals surface area contributed by atoms with E-state index < -0.39 is 11.9 Å². The average molecular weight is 816 g/mol. The van der Waals surface area contributed by atoms with Crippen molar-refractivity contribution in [2.45, 2.75) is 32.9 Å². The highest BCUT2D eigenvalue weighted by Gasteiger charge is 2.25. The van der Waals surface area contributed by atoms with Crippen molar-refractivity contribution in [1.82, 2.24) is 44.0 Å². The smallest absolute Gasteiger partial charge is 0.267 e. The van der Waals surface area contributed by atoms with E-state index in [0.29, 0.717) is 49.8 Å². The Morgan fingerprint density at radius 1 is 0.733 bits per heavy atom. The zero-order chi connectivity index (χ0) is 42.1. The van der Waals surface area contributed by atoms with E-state index in [9.17, 15) is 14.4 Å². The van der Waals surface area contributed by atoms with E-state index in [4.69, 9.17) is 28.1 Å². The lowest BCUT2D eigenvalue weighted by Crippen LogP contribution is -2.33. The maximum atomic E-state index is 14.2. The molecule has 0 bridgehead atoms. The van der Waals surface area contributed by atoms with Gasteiger partial charge in [0.1, 0.15) is 17.2 Å². The lowest BCUT2D eigenvalue weighted by Gasteiger charge is -2.20. The number of nitrogens with one attached hydrogen (secondary N) is 1. The van der Waals surface area contributed by atoms with Crippen molar-refractivity contribution in [3.63, 3.8) is 0 Å². The molecule has 15 heteroatoms. The molecule has 0 aliphatic rings. The molecular weight excluding hydrogens is 778 g/mol. The highest BCUT2D eigenvalue weighted by atomic mass is 35.5. The lowest BCUT2D eigenvalue weighted by molar-refractivity contribution is 0.0940. The summed E-state index contributed by atoms with van der Waals surface area (Å²) in [6, 6.07) is 33.8. The maximum absolute atomic E-state index is 14.2. The molecule has 9 aromatic rings. The molecule has 9 rings (SSSR count). The third kappa shape index (κ3) is 7.36. The van der Waals surface area contributed by atoms with Crippen LogP contribution in [0.3, 0.4) is 0 Å². The summed E-state index contributed by atoms with van der Waals surface area (Å²) in [5, 5.41) is 8.40. The number of anilines is 1. The summed E-state index contributed by atoms with van der Waals surface area (Å²) in [5.41, 5.74) is 17.0. The number of nitrogens with zero attached hydrogens (tertiary/aromatic N) is 8. The zero-order valence-corrected chi connectivity index (χ0v) is 33.4. The molecule has 5 aromatic heterocycles. The number of aromatic nitrogens is 8. The molecule has 60 heavy (non-hydrogen) atoms. The minimum atomic E-state index is -0.667. The minimum Gasteiger partial charge on any atom is -0.381 e. The fourth-order valence-electron chi connectivity index (χ4n) is 7.11. The lowest BCUT2D eigenvalue weighted by atomic mass is 10.0. The molecule has 4 aromatic carbocycles. The molecule has 0 fully saturated rings. The summed E-state index contributed by atoms with van der Waals surface area (Å²) in [7, 11) is 0. The number of nitrogen functional groups attached to an aromatic ring is 1. The highest BCUT2D eigenvalue weighted by molar-refractivity contribution is 6.35. The fraction of sp³-hybridized carbons (Fsp3) is 0.111. The Balaban J connectivity index is 0.000000200. The average Bonchev–Trinajstić information content (AvgIpc) is 3.59. The van der Waals surface area contributed by atoms with Gasteiger partial charge in [0.05, 0.1) is 50.3 Å². The second-order valence-corrected chi connectivity index (χ2v) is 14.5. The number of rotatable bonds is 7. The molecular formula is C45H38ClN11O3. The van der Waals surface area contributed by atoms with E-state index in [1.165, 1.54) is 9.08 Å². The molecule has 5 N–H and O–H groups in total. The number of fused-ring (bicyclic) bond motifs is 3. The first-order valence-corrected chi connectivity index (χ1v) is 19.4. The second-order valence-electron chi connectivity index (χ2n) is 14.0. The Labute approximate surface area is 347 Å². The number of aryl methyl sites for hydroxylation is 1. The molecule has 0 unspecified atom stereocenters. The Bertz CT molecular complexity index is 3180. The summed E-state index contributed by atoms with van der Waals surface area (Å²) >= 11 is 6.17. The van der Waals surface area contributed by atoms with Gasteiger partial charge in [-0.05, 0) is 92.6 Å². The summed E-state index contributed by atoms with van der Waals surface area (Å²) in [5.74, 6) is 0.477. The highest BCUT2D eigenvalue weighted by Crippen LogP contribution is 2.28. The van der Waals surface area contributed by atoms with Crippen LogP contribution in [0.5, 0.6) is 0 Å². The van der Waals surface area contributed by atoms with Crippen LogP contribution in [-0.2, 0) is 0 Å². The van der Waals surface area contributed by atoms with Crippen LogP contribution in [-0.4, -0.2) is 44.6 Å². The van der Waals surface area contributed by atoms with Crippen molar-refractivity contribution >= 4 is 50.8 Å². The number of para-hydroxylation sites is 2. The van der Waals surface area contributed by atoms with E-state index in [0.717, 1.165) is 22.5 Å². The van der Waals surface area contributed by atoms with E-state index >= 15 is 0 Å². The van der Waals surface area contributed by atoms with Crippen molar-refractivity contribution in [3.05, 3.63) is 182 Å². The maximum Gasteiger partial charge on any atom is 0.267 e. The molecule has 0 aliphatic heterocycles. The molecule has 0 saturated carbocycles. The third-order valence-electron chi connectivity index (χ3n) is 9.82. The number of amides is 1. The van der Waals surface area contributed by atoms with E-state index in [1.54, 1.807) is 67.3 Å². The molecule has 5 heterocycles. The second kappa shape index (κ2) is 16.4. The topological polar surface area (TPSA) is 194 Å². The van der Waals surface area contributed by atoms with Crippen LogP contribution in [0.2, 0.25) is 5.02 Å². The zero-order valence-electron chi connectivity index (χ0n) is 32.7. The van der Waals surface area contributed by atoms with Gasteiger partial charge in [-0.1, -0.05) is 66.2 Å². The van der Waals surface area contributed by atoms with Crippen LogP contribution in [0, 0.1) is 6.92 Å². The molecule has 14 nitrogen and oxygen atoms in total. The Morgan fingerprint density at radius 3 is 2.02 bits per heavy atom. The third-order valence-corrected chi connectivity index (χ3v) is 10.1. The summed E-state index contributed by atoms with van der Waals surface area (Å²) in [4.78, 5) is 58.4. The van der Waals surface area contributed by atoms with Gasteiger partial charge in [-0.2, -0.15) is 0 Å². The summed E-state index contributed by atoms with van der Waals surface area (Å²) in [6.45, 7) is 5.48.